The van der Waals surface area contributed by atoms with Gasteiger partial charge in [0.1, 0.15) is 4.99 Å². The number of H-pyrrole nitrogens is 2. The van der Waals surface area contributed by atoms with Crippen LogP contribution in [-0.2, 0) is 11.8 Å². The van der Waals surface area contributed by atoms with E-state index < -0.39 is 0 Å². The average molecular weight is 423 g/mol. The molecule has 5 heteroatoms. The van der Waals surface area contributed by atoms with Crippen molar-refractivity contribution < 1.29 is 0 Å². The van der Waals surface area contributed by atoms with Crippen molar-refractivity contribution in [3.8, 4) is 11.4 Å². The van der Waals surface area contributed by atoms with Gasteiger partial charge in [-0.3, -0.25) is 5.10 Å². The SMILES string of the molecule is CCC(C)CCC(CC)NC(=S)c1ccc2[nH]c3c(c2c1)C(C)(C)Cc1cn[nH]c1-3. The van der Waals surface area contributed by atoms with E-state index >= 15 is 0 Å². The summed E-state index contributed by atoms with van der Waals surface area (Å²) in [6, 6.07) is 7.02. The van der Waals surface area contributed by atoms with Crippen LogP contribution < -0.4 is 5.32 Å². The average Bonchev–Trinajstić information content (AvgIpc) is 3.33. The molecule has 1 aliphatic carbocycles. The minimum absolute atomic E-state index is 0.0420. The third-order valence-electron chi connectivity index (χ3n) is 6.87. The van der Waals surface area contributed by atoms with Crippen LogP contribution in [0.25, 0.3) is 22.3 Å². The number of aromatic nitrogens is 3. The first-order valence-corrected chi connectivity index (χ1v) is 11.7. The Labute approximate surface area is 185 Å². The van der Waals surface area contributed by atoms with E-state index in [0.29, 0.717) is 6.04 Å². The molecule has 3 N–H and O–H groups in total. The molecule has 0 saturated carbocycles. The maximum atomic E-state index is 5.83. The van der Waals surface area contributed by atoms with Gasteiger partial charge in [-0.2, -0.15) is 5.10 Å². The minimum Gasteiger partial charge on any atom is -0.373 e. The number of thiocarbonyl (C=S) groups is 1. The van der Waals surface area contributed by atoms with Gasteiger partial charge in [0.25, 0.3) is 0 Å². The van der Waals surface area contributed by atoms with E-state index in [1.807, 2.05) is 6.20 Å². The predicted molar refractivity (Wildman–Crippen MR) is 130 cm³/mol. The molecule has 2 atom stereocenters. The second-order valence-electron chi connectivity index (χ2n) is 9.64. The van der Waals surface area contributed by atoms with Gasteiger partial charge >= 0.3 is 0 Å². The van der Waals surface area contributed by atoms with Gasteiger partial charge in [0.15, 0.2) is 0 Å². The summed E-state index contributed by atoms with van der Waals surface area (Å²) in [5.41, 5.74) is 7.24. The van der Waals surface area contributed by atoms with Crippen LogP contribution in [-0.4, -0.2) is 26.2 Å². The highest BCUT2D eigenvalue weighted by molar-refractivity contribution is 7.80. The Balaban J connectivity index is 1.64. The van der Waals surface area contributed by atoms with Gasteiger partial charge in [-0.25, -0.2) is 0 Å². The third-order valence-corrected chi connectivity index (χ3v) is 7.22. The summed E-state index contributed by atoms with van der Waals surface area (Å²) in [5.74, 6) is 0.770. The highest BCUT2D eigenvalue weighted by Crippen LogP contribution is 2.45. The highest BCUT2D eigenvalue weighted by atomic mass is 32.1. The van der Waals surface area contributed by atoms with Crippen molar-refractivity contribution in [3.63, 3.8) is 0 Å². The lowest BCUT2D eigenvalue weighted by molar-refractivity contribution is 0.435. The van der Waals surface area contributed by atoms with E-state index in [0.717, 1.165) is 40.5 Å². The molecule has 30 heavy (non-hydrogen) atoms. The maximum Gasteiger partial charge on any atom is 0.106 e. The van der Waals surface area contributed by atoms with Gasteiger partial charge in [0, 0.05) is 28.1 Å². The minimum atomic E-state index is 0.0420. The number of fused-ring (bicyclic) bond motifs is 5. The van der Waals surface area contributed by atoms with Gasteiger partial charge in [-0.1, -0.05) is 53.3 Å². The van der Waals surface area contributed by atoms with E-state index in [4.69, 9.17) is 12.2 Å². The molecule has 1 aromatic carbocycles. The van der Waals surface area contributed by atoms with Gasteiger partial charge in [-0.05, 0) is 60.8 Å². The number of aromatic amines is 2. The van der Waals surface area contributed by atoms with E-state index in [9.17, 15) is 0 Å². The summed E-state index contributed by atoms with van der Waals surface area (Å²) in [6.45, 7) is 11.5. The molecule has 0 radical (unpaired) electrons. The topological polar surface area (TPSA) is 56.5 Å². The van der Waals surface area contributed by atoms with Crippen LogP contribution in [0.15, 0.2) is 24.4 Å². The van der Waals surface area contributed by atoms with Crippen LogP contribution in [0.3, 0.4) is 0 Å². The zero-order chi connectivity index (χ0) is 21.5. The molecule has 0 amide bonds. The van der Waals surface area contributed by atoms with Gasteiger partial charge in [0.05, 0.1) is 17.6 Å². The van der Waals surface area contributed by atoms with Crippen LogP contribution in [0.1, 0.15) is 77.0 Å². The Morgan fingerprint density at radius 2 is 2.00 bits per heavy atom. The van der Waals surface area contributed by atoms with Gasteiger partial charge < -0.3 is 10.3 Å². The molecule has 4 nitrogen and oxygen atoms in total. The summed E-state index contributed by atoms with van der Waals surface area (Å²) in [7, 11) is 0. The number of nitrogens with zero attached hydrogens (tertiary/aromatic N) is 1. The second kappa shape index (κ2) is 8.18. The normalized spacial score (nSPS) is 16.7. The molecule has 4 rings (SSSR count). The molecule has 0 fully saturated rings. The van der Waals surface area contributed by atoms with E-state index in [1.165, 1.54) is 41.5 Å². The molecule has 1 aliphatic rings. The highest BCUT2D eigenvalue weighted by Gasteiger charge is 2.35. The van der Waals surface area contributed by atoms with E-state index in [-0.39, 0.29) is 5.41 Å². The van der Waals surface area contributed by atoms with Crippen LogP contribution in [0, 0.1) is 5.92 Å². The largest absolute Gasteiger partial charge is 0.373 e. The number of nitrogens with one attached hydrogen (secondary N) is 3. The summed E-state index contributed by atoms with van der Waals surface area (Å²) >= 11 is 5.83. The fraction of sp³-hybridized carbons (Fsp3) is 0.520. The number of hydrogen-bond acceptors (Lipinski definition) is 2. The monoisotopic (exact) mass is 422 g/mol. The molecule has 0 spiro atoms. The smallest absolute Gasteiger partial charge is 0.106 e. The molecule has 2 unspecified atom stereocenters. The van der Waals surface area contributed by atoms with Crippen molar-refractivity contribution in [2.24, 2.45) is 5.92 Å². The Bertz CT molecular complexity index is 1060. The van der Waals surface area contributed by atoms with Crippen molar-refractivity contribution in [1.29, 1.82) is 0 Å². The standard InChI is InChI=1S/C25H34N4S/c1-6-15(3)8-10-18(7-2)27-24(30)16-9-11-20-19(12-16)21-23(28-20)22-17(14-26-29-22)13-25(21,4)5/h9,11-12,14-15,18,28H,6-8,10,13H2,1-5H3,(H,26,29)(H,27,30). The van der Waals surface area contributed by atoms with Gasteiger partial charge in [-0.15, -0.1) is 0 Å². The van der Waals surface area contributed by atoms with Crippen molar-refractivity contribution in [2.45, 2.75) is 78.2 Å². The Kier molecular flexibility index (Phi) is 5.75. The zero-order valence-electron chi connectivity index (χ0n) is 18.9. The summed E-state index contributed by atoms with van der Waals surface area (Å²) < 4.78 is 0. The fourth-order valence-corrected chi connectivity index (χ4v) is 5.08. The summed E-state index contributed by atoms with van der Waals surface area (Å²) in [4.78, 5) is 4.50. The molecule has 2 heterocycles. The summed E-state index contributed by atoms with van der Waals surface area (Å²) in [5, 5.41) is 12.4. The van der Waals surface area contributed by atoms with Gasteiger partial charge in [0.2, 0.25) is 0 Å². The summed E-state index contributed by atoms with van der Waals surface area (Å²) in [6.07, 6.45) is 7.69. The third kappa shape index (κ3) is 3.80. The lowest BCUT2D eigenvalue weighted by atomic mass is 9.73. The first-order valence-electron chi connectivity index (χ1n) is 11.3. The molecule has 0 saturated heterocycles. The van der Waals surface area contributed by atoms with E-state index in [2.05, 4.69) is 73.3 Å². The Hall–Kier alpha value is -2.14. The molecule has 0 aliphatic heterocycles. The van der Waals surface area contributed by atoms with E-state index in [1.54, 1.807) is 0 Å². The van der Waals surface area contributed by atoms with Crippen molar-refractivity contribution >= 4 is 28.1 Å². The first-order chi connectivity index (χ1) is 14.3. The predicted octanol–water partition coefficient (Wildman–Crippen LogP) is 6.26. The van der Waals surface area contributed by atoms with Crippen LogP contribution >= 0.6 is 12.2 Å². The lowest BCUT2D eigenvalue weighted by Crippen LogP contribution is -2.34. The van der Waals surface area contributed by atoms with Crippen molar-refractivity contribution in [1.82, 2.24) is 20.5 Å². The maximum absolute atomic E-state index is 5.83. The van der Waals surface area contributed by atoms with Crippen molar-refractivity contribution in [2.75, 3.05) is 0 Å². The van der Waals surface area contributed by atoms with Crippen LogP contribution in [0.4, 0.5) is 0 Å². The Morgan fingerprint density at radius 1 is 1.20 bits per heavy atom. The number of rotatable bonds is 7. The fourth-order valence-electron chi connectivity index (χ4n) is 4.79. The molecular formula is C25H34N4S. The first kappa shape index (κ1) is 21.1. The Morgan fingerprint density at radius 3 is 2.73 bits per heavy atom. The molecule has 0 bridgehead atoms. The lowest BCUT2D eigenvalue weighted by Gasteiger charge is -2.30. The number of hydrogen-bond donors (Lipinski definition) is 3. The quantitative estimate of drug-likeness (QED) is 0.394. The molecule has 2 aromatic heterocycles. The van der Waals surface area contributed by atoms with Crippen LogP contribution in [0.5, 0.6) is 0 Å². The molecule has 3 aromatic rings. The molecular weight excluding hydrogens is 388 g/mol. The van der Waals surface area contributed by atoms with Crippen molar-refractivity contribution in [3.05, 3.63) is 41.1 Å². The zero-order valence-corrected chi connectivity index (χ0v) is 19.7. The number of benzene rings is 1. The van der Waals surface area contributed by atoms with Crippen LogP contribution in [0.2, 0.25) is 0 Å². The second-order valence-corrected chi connectivity index (χ2v) is 10.0. The molecule has 160 valence electrons.